The first-order valence-corrected chi connectivity index (χ1v) is 6.79. The lowest BCUT2D eigenvalue weighted by molar-refractivity contribution is 0.193. The van der Waals surface area contributed by atoms with Gasteiger partial charge >= 0.3 is 6.09 Å². The lowest BCUT2D eigenvalue weighted by Crippen LogP contribution is -2.19. The van der Waals surface area contributed by atoms with Crippen molar-refractivity contribution in [3.63, 3.8) is 0 Å². The summed E-state index contributed by atoms with van der Waals surface area (Å²) in [5.41, 5.74) is 2.96. The van der Waals surface area contributed by atoms with Gasteiger partial charge in [0.25, 0.3) is 0 Å². The third-order valence-electron chi connectivity index (χ3n) is 3.25. The molecule has 1 aromatic carbocycles. The molecule has 3 rings (SSSR count). The molecule has 0 fully saturated rings. The molecule has 0 unspecified atom stereocenters. The molecule has 3 aromatic rings. The Kier molecular flexibility index (Phi) is 3.87. The van der Waals surface area contributed by atoms with Crippen molar-refractivity contribution in [3.05, 3.63) is 66.7 Å². The number of hydrogen-bond acceptors (Lipinski definition) is 3. The van der Waals surface area contributed by atoms with Gasteiger partial charge in [0.15, 0.2) is 0 Å². The standard InChI is InChI=1S/C17H14N2O3/c20-17(21)19-10-13-6-7-16(22-13)15-11-18-9-8-14(15)12-4-2-1-3-5-12/h1-9,11,19H,10H2,(H,20,21). The number of nitrogens with zero attached hydrogens (tertiary/aromatic N) is 1. The van der Waals surface area contributed by atoms with Gasteiger partial charge < -0.3 is 14.8 Å². The topological polar surface area (TPSA) is 75.4 Å². The van der Waals surface area contributed by atoms with Crippen molar-refractivity contribution in [1.82, 2.24) is 10.3 Å². The van der Waals surface area contributed by atoms with E-state index in [1.165, 1.54) is 0 Å². The summed E-state index contributed by atoms with van der Waals surface area (Å²) in [6, 6.07) is 15.5. The molecule has 0 bridgehead atoms. The van der Waals surface area contributed by atoms with Crippen LogP contribution in [0.1, 0.15) is 5.76 Å². The van der Waals surface area contributed by atoms with Crippen molar-refractivity contribution in [2.45, 2.75) is 6.54 Å². The molecule has 0 aliphatic rings. The van der Waals surface area contributed by atoms with Crippen LogP contribution in [0.5, 0.6) is 0 Å². The van der Waals surface area contributed by atoms with Gasteiger partial charge in [0.05, 0.1) is 6.54 Å². The van der Waals surface area contributed by atoms with E-state index in [-0.39, 0.29) is 6.54 Å². The molecule has 5 heteroatoms. The highest BCUT2D eigenvalue weighted by atomic mass is 16.4. The predicted molar refractivity (Wildman–Crippen MR) is 82.2 cm³/mol. The lowest BCUT2D eigenvalue weighted by Gasteiger charge is -2.07. The zero-order valence-electron chi connectivity index (χ0n) is 11.7. The highest BCUT2D eigenvalue weighted by Gasteiger charge is 2.11. The molecule has 2 N–H and O–H groups in total. The van der Waals surface area contributed by atoms with Crippen molar-refractivity contribution in [1.29, 1.82) is 0 Å². The van der Waals surface area contributed by atoms with E-state index in [1.54, 1.807) is 18.5 Å². The molecule has 22 heavy (non-hydrogen) atoms. The Labute approximate surface area is 127 Å². The van der Waals surface area contributed by atoms with Crippen LogP contribution in [0.25, 0.3) is 22.5 Å². The zero-order valence-corrected chi connectivity index (χ0v) is 11.7. The van der Waals surface area contributed by atoms with Crippen LogP contribution >= 0.6 is 0 Å². The van der Waals surface area contributed by atoms with Gasteiger partial charge in [-0.25, -0.2) is 4.79 Å². The minimum absolute atomic E-state index is 0.135. The van der Waals surface area contributed by atoms with Gasteiger partial charge in [-0.3, -0.25) is 4.98 Å². The number of amides is 1. The van der Waals surface area contributed by atoms with Crippen molar-refractivity contribution in [2.24, 2.45) is 0 Å². The Balaban J connectivity index is 1.94. The number of aromatic nitrogens is 1. The Morgan fingerprint density at radius 2 is 1.91 bits per heavy atom. The third kappa shape index (κ3) is 2.98. The molecule has 2 heterocycles. The molecule has 0 saturated heterocycles. The molecule has 0 spiro atoms. The summed E-state index contributed by atoms with van der Waals surface area (Å²) in [6.07, 6.45) is 2.40. The van der Waals surface area contributed by atoms with Crippen LogP contribution in [0.2, 0.25) is 0 Å². The van der Waals surface area contributed by atoms with E-state index >= 15 is 0 Å². The summed E-state index contributed by atoms with van der Waals surface area (Å²) < 4.78 is 5.72. The number of carboxylic acid groups (broad SMARTS) is 1. The molecular weight excluding hydrogens is 280 g/mol. The number of nitrogens with one attached hydrogen (secondary N) is 1. The first kappa shape index (κ1) is 13.9. The first-order chi connectivity index (χ1) is 10.7. The number of rotatable bonds is 4. The number of benzene rings is 1. The maximum atomic E-state index is 10.5. The van der Waals surface area contributed by atoms with Crippen molar-refractivity contribution in [3.8, 4) is 22.5 Å². The first-order valence-electron chi connectivity index (χ1n) is 6.79. The minimum atomic E-state index is -1.08. The van der Waals surface area contributed by atoms with Crippen LogP contribution in [0.15, 0.2) is 65.3 Å². The van der Waals surface area contributed by atoms with Crippen molar-refractivity contribution < 1.29 is 14.3 Å². The van der Waals surface area contributed by atoms with Crippen molar-refractivity contribution >= 4 is 6.09 Å². The molecule has 2 aromatic heterocycles. The minimum Gasteiger partial charge on any atom is -0.465 e. The molecule has 110 valence electrons. The fourth-order valence-corrected chi connectivity index (χ4v) is 2.24. The third-order valence-corrected chi connectivity index (χ3v) is 3.25. The summed E-state index contributed by atoms with van der Waals surface area (Å²) in [4.78, 5) is 14.7. The van der Waals surface area contributed by atoms with Crippen LogP contribution in [-0.2, 0) is 6.54 Å². The predicted octanol–water partition coefficient (Wildman–Crippen LogP) is 3.78. The molecule has 5 nitrogen and oxygen atoms in total. The van der Waals surface area contributed by atoms with E-state index in [4.69, 9.17) is 9.52 Å². The van der Waals surface area contributed by atoms with Gasteiger partial charge in [-0.15, -0.1) is 0 Å². The molecule has 0 atom stereocenters. The van der Waals surface area contributed by atoms with E-state index in [0.29, 0.717) is 11.5 Å². The fraction of sp³-hybridized carbons (Fsp3) is 0.0588. The number of furan rings is 1. The van der Waals surface area contributed by atoms with Crippen molar-refractivity contribution in [2.75, 3.05) is 0 Å². The summed E-state index contributed by atoms with van der Waals surface area (Å²) in [5, 5.41) is 10.9. The molecule has 0 aliphatic heterocycles. The van der Waals surface area contributed by atoms with E-state index < -0.39 is 6.09 Å². The van der Waals surface area contributed by atoms with E-state index in [0.717, 1.165) is 16.7 Å². The second-order valence-electron chi connectivity index (χ2n) is 4.71. The van der Waals surface area contributed by atoms with Gasteiger partial charge in [-0.05, 0) is 29.3 Å². The summed E-state index contributed by atoms with van der Waals surface area (Å²) in [7, 11) is 0. The Morgan fingerprint density at radius 1 is 1.09 bits per heavy atom. The van der Waals surface area contributed by atoms with E-state index in [2.05, 4.69) is 10.3 Å². The largest absolute Gasteiger partial charge is 0.465 e. The van der Waals surface area contributed by atoms with Crippen LogP contribution in [0, 0.1) is 0 Å². The number of hydrogen-bond donors (Lipinski definition) is 2. The van der Waals surface area contributed by atoms with Crippen LogP contribution in [0.4, 0.5) is 4.79 Å². The fourth-order valence-electron chi connectivity index (χ4n) is 2.24. The molecular formula is C17H14N2O3. The average molecular weight is 294 g/mol. The van der Waals surface area contributed by atoms with Crippen LogP contribution in [-0.4, -0.2) is 16.2 Å². The van der Waals surface area contributed by atoms with Gasteiger partial charge in [-0.2, -0.15) is 0 Å². The molecule has 1 amide bonds. The SMILES string of the molecule is O=C(O)NCc1ccc(-c2cnccc2-c2ccccc2)o1. The number of pyridine rings is 1. The summed E-state index contributed by atoms with van der Waals surface area (Å²) >= 11 is 0. The highest BCUT2D eigenvalue weighted by molar-refractivity contribution is 5.80. The lowest BCUT2D eigenvalue weighted by atomic mass is 10.0. The molecule has 0 saturated carbocycles. The zero-order chi connectivity index (χ0) is 15.4. The average Bonchev–Trinajstić information content (AvgIpc) is 3.03. The maximum Gasteiger partial charge on any atom is 0.405 e. The normalized spacial score (nSPS) is 10.4. The molecule has 0 radical (unpaired) electrons. The van der Waals surface area contributed by atoms with Gasteiger partial charge in [0, 0.05) is 18.0 Å². The van der Waals surface area contributed by atoms with Gasteiger partial charge in [0.2, 0.25) is 0 Å². The Bertz CT molecular complexity index is 781. The number of carbonyl (C=O) groups is 1. The Morgan fingerprint density at radius 3 is 2.68 bits per heavy atom. The van der Waals surface area contributed by atoms with Crippen LogP contribution < -0.4 is 5.32 Å². The molecule has 0 aliphatic carbocycles. The van der Waals surface area contributed by atoms with Crippen LogP contribution in [0.3, 0.4) is 0 Å². The maximum absolute atomic E-state index is 10.5. The monoisotopic (exact) mass is 294 g/mol. The smallest absolute Gasteiger partial charge is 0.405 e. The Hall–Kier alpha value is -3.08. The van der Waals surface area contributed by atoms with E-state index in [1.807, 2.05) is 42.5 Å². The summed E-state index contributed by atoms with van der Waals surface area (Å²) in [6.45, 7) is 0.135. The second kappa shape index (κ2) is 6.13. The van der Waals surface area contributed by atoms with Gasteiger partial charge in [-0.1, -0.05) is 30.3 Å². The second-order valence-corrected chi connectivity index (χ2v) is 4.71. The van der Waals surface area contributed by atoms with E-state index in [9.17, 15) is 4.79 Å². The summed E-state index contributed by atoms with van der Waals surface area (Å²) in [5.74, 6) is 1.22. The highest BCUT2D eigenvalue weighted by Crippen LogP contribution is 2.32. The quantitative estimate of drug-likeness (QED) is 0.768. The van der Waals surface area contributed by atoms with Gasteiger partial charge in [0.1, 0.15) is 11.5 Å².